The van der Waals surface area contributed by atoms with E-state index < -0.39 is 5.91 Å². The van der Waals surface area contributed by atoms with Crippen LogP contribution in [0.4, 0.5) is 0 Å². The van der Waals surface area contributed by atoms with Gasteiger partial charge in [-0.2, -0.15) is 5.10 Å². The maximum atomic E-state index is 11.0. The second-order valence-electron chi connectivity index (χ2n) is 4.27. The lowest BCUT2D eigenvalue weighted by Gasteiger charge is -2.11. The highest BCUT2D eigenvalue weighted by Gasteiger charge is 2.16. The molecule has 0 saturated carbocycles. The van der Waals surface area contributed by atoms with Crippen LogP contribution in [0.15, 0.2) is 26.8 Å². The molecule has 0 bridgehead atoms. The van der Waals surface area contributed by atoms with Gasteiger partial charge >= 0.3 is 0 Å². The van der Waals surface area contributed by atoms with Gasteiger partial charge < -0.3 is 20.5 Å². The van der Waals surface area contributed by atoms with Crippen molar-refractivity contribution in [2.75, 3.05) is 19.5 Å². The molecule has 2 amide bonds. The highest BCUT2D eigenvalue weighted by Crippen LogP contribution is 2.32. The Hall–Kier alpha value is -2.07. The largest absolute Gasteiger partial charge is 0.493 e. The van der Waals surface area contributed by atoms with Crippen LogP contribution < -0.4 is 20.5 Å². The minimum atomic E-state index is -0.583. The lowest BCUT2D eigenvalue weighted by Crippen LogP contribution is -2.20. The summed E-state index contributed by atoms with van der Waals surface area (Å²) in [6.07, 6.45) is 1.50. The van der Waals surface area contributed by atoms with Crippen molar-refractivity contribution in [1.29, 1.82) is 0 Å². The first-order valence-electron chi connectivity index (χ1n) is 6.32. The minimum Gasteiger partial charge on any atom is -0.493 e. The number of benzene rings is 1. The van der Waals surface area contributed by atoms with Gasteiger partial charge in [0.05, 0.1) is 19.1 Å². The van der Waals surface area contributed by atoms with E-state index >= 15 is 0 Å². The van der Waals surface area contributed by atoms with Crippen LogP contribution in [0.5, 0.6) is 11.5 Å². The van der Waals surface area contributed by atoms with Crippen molar-refractivity contribution < 1.29 is 19.1 Å². The summed E-state index contributed by atoms with van der Waals surface area (Å²) in [5.74, 6) is 0.466. The average molecular weight is 401 g/mol. The Balaban J connectivity index is 2.16. The van der Waals surface area contributed by atoms with Gasteiger partial charge in [-0.25, -0.2) is 0 Å². The number of methoxy groups -OCH3 is 1. The van der Waals surface area contributed by atoms with Gasteiger partial charge in [-0.1, -0.05) is 11.8 Å². The summed E-state index contributed by atoms with van der Waals surface area (Å²) in [6.45, 7) is -0.249. The summed E-state index contributed by atoms with van der Waals surface area (Å²) < 4.78 is 11.2. The first kappa shape index (κ1) is 17.3. The van der Waals surface area contributed by atoms with E-state index in [2.05, 4.69) is 31.4 Å². The maximum absolute atomic E-state index is 11.0. The second kappa shape index (κ2) is 7.97. The molecule has 0 aromatic heterocycles. The van der Waals surface area contributed by atoms with Crippen molar-refractivity contribution in [2.24, 2.45) is 15.9 Å². The summed E-state index contributed by atoms with van der Waals surface area (Å²) in [5, 5.41) is 10.9. The van der Waals surface area contributed by atoms with Crippen molar-refractivity contribution in [3.63, 3.8) is 0 Å². The number of amides is 2. The van der Waals surface area contributed by atoms with Crippen LogP contribution in [-0.4, -0.2) is 42.7 Å². The maximum Gasteiger partial charge on any atom is 0.255 e. The molecule has 122 valence electrons. The van der Waals surface area contributed by atoms with E-state index in [4.69, 9.17) is 15.2 Å². The molecule has 8 nitrogen and oxygen atoms in total. The molecule has 0 aliphatic carbocycles. The first-order chi connectivity index (χ1) is 11.0. The molecule has 1 heterocycles. The standard InChI is InChI=1S/C13H13BrN4O4S/c1-21-9-2-7(4-16-18-13-17-12(20)6-23-13)8(14)3-10(9)22-5-11(15)19/h2-4H,5-6H2,1H3,(H2,15,19)(H,17,18,20). The summed E-state index contributed by atoms with van der Waals surface area (Å²) in [4.78, 5) is 21.8. The van der Waals surface area contributed by atoms with Gasteiger partial charge in [-0.3, -0.25) is 9.59 Å². The molecule has 0 spiro atoms. The predicted octanol–water partition coefficient (Wildman–Crippen LogP) is 0.875. The number of amidine groups is 1. The zero-order valence-corrected chi connectivity index (χ0v) is 14.4. The Labute approximate surface area is 144 Å². The zero-order chi connectivity index (χ0) is 16.8. The summed E-state index contributed by atoms with van der Waals surface area (Å²) in [7, 11) is 1.48. The number of carbonyl (C=O) groups is 2. The van der Waals surface area contributed by atoms with Crippen LogP contribution in [0.25, 0.3) is 0 Å². The topological polar surface area (TPSA) is 115 Å². The third kappa shape index (κ3) is 4.96. The number of halogens is 1. The van der Waals surface area contributed by atoms with Crippen LogP contribution in [0.2, 0.25) is 0 Å². The van der Waals surface area contributed by atoms with Gasteiger partial charge in [0.1, 0.15) is 0 Å². The fraction of sp³-hybridized carbons (Fsp3) is 0.231. The van der Waals surface area contributed by atoms with Crippen LogP contribution in [0.1, 0.15) is 5.56 Å². The molecule has 23 heavy (non-hydrogen) atoms. The number of hydrogen-bond acceptors (Lipinski definition) is 7. The number of nitrogens with zero attached hydrogens (tertiary/aromatic N) is 2. The van der Waals surface area contributed by atoms with Crippen LogP contribution in [0.3, 0.4) is 0 Å². The van der Waals surface area contributed by atoms with Crippen molar-refractivity contribution in [1.82, 2.24) is 5.32 Å². The van der Waals surface area contributed by atoms with E-state index in [0.29, 0.717) is 32.5 Å². The number of thioether (sulfide) groups is 1. The van der Waals surface area contributed by atoms with Crippen LogP contribution >= 0.6 is 27.7 Å². The molecular formula is C13H13BrN4O4S. The van der Waals surface area contributed by atoms with Gasteiger partial charge in [-0.05, 0) is 28.1 Å². The Morgan fingerprint density at radius 2 is 2.30 bits per heavy atom. The number of hydrogen-bond donors (Lipinski definition) is 2. The van der Waals surface area contributed by atoms with E-state index in [1.165, 1.54) is 25.1 Å². The first-order valence-corrected chi connectivity index (χ1v) is 8.09. The third-order valence-corrected chi connectivity index (χ3v) is 4.14. The van der Waals surface area contributed by atoms with Crippen LogP contribution in [-0.2, 0) is 9.59 Å². The number of nitrogens with two attached hydrogens (primary N) is 1. The molecule has 1 aliphatic heterocycles. The molecule has 1 aliphatic rings. The Kier molecular flexibility index (Phi) is 5.99. The molecule has 1 aromatic carbocycles. The number of nitrogens with one attached hydrogen (secondary N) is 1. The number of rotatable bonds is 6. The second-order valence-corrected chi connectivity index (χ2v) is 6.08. The quantitative estimate of drug-likeness (QED) is 0.542. The summed E-state index contributed by atoms with van der Waals surface area (Å²) in [5.41, 5.74) is 5.74. The fourth-order valence-electron chi connectivity index (χ4n) is 1.59. The lowest BCUT2D eigenvalue weighted by molar-refractivity contribution is -0.120. The SMILES string of the molecule is COc1cc(C=NN=C2NC(=O)CS2)c(Br)cc1OCC(N)=O. The Morgan fingerprint density at radius 3 is 2.91 bits per heavy atom. The fourth-order valence-corrected chi connectivity index (χ4v) is 2.65. The molecule has 1 aromatic rings. The van der Waals surface area contributed by atoms with Gasteiger partial charge in [0, 0.05) is 10.0 Å². The Bertz CT molecular complexity index is 693. The Morgan fingerprint density at radius 1 is 1.52 bits per heavy atom. The predicted molar refractivity (Wildman–Crippen MR) is 91.0 cm³/mol. The molecule has 1 fully saturated rings. The highest BCUT2D eigenvalue weighted by molar-refractivity contribution is 9.10. The van der Waals surface area contributed by atoms with Gasteiger partial charge in [0.25, 0.3) is 5.91 Å². The van der Waals surface area contributed by atoms with Crippen LogP contribution in [0, 0.1) is 0 Å². The smallest absolute Gasteiger partial charge is 0.255 e. The molecular weight excluding hydrogens is 388 g/mol. The number of carbonyl (C=O) groups excluding carboxylic acids is 2. The summed E-state index contributed by atoms with van der Waals surface area (Å²) >= 11 is 4.66. The molecule has 0 radical (unpaired) electrons. The van der Waals surface area contributed by atoms with E-state index in [1.54, 1.807) is 12.1 Å². The van der Waals surface area contributed by atoms with Crippen molar-refractivity contribution in [3.8, 4) is 11.5 Å². The average Bonchev–Trinajstić information content (AvgIpc) is 2.92. The zero-order valence-electron chi connectivity index (χ0n) is 12.0. The van der Waals surface area contributed by atoms with E-state index in [1.807, 2.05) is 0 Å². The van der Waals surface area contributed by atoms with Gasteiger partial charge in [0.15, 0.2) is 23.3 Å². The van der Waals surface area contributed by atoms with Gasteiger partial charge in [0.2, 0.25) is 5.91 Å². The molecule has 2 rings (SSSR count). The molecule has 10 heteroatoms. The van der Waals surface area contributed by atoms with Gasteiger partial charge in [-0.15, -0.1) is 5.10 Å². The monoisotopic (exact) mass is 400 g/mol. The normalized spacial score (nSPS) is 15.9. The van der Waals surface area contributed by atoms with Crippen molar-refractivity contribution >= 4 is 50.9 Å². The van der Waals surface area contributed by atoms with E-state index in [9.17, 15) is 9.59 Å². The highest BCUT2D eigenvalue weighted by atomic mass is 79.9. The number of ether oxygens (including phenoxy) is 2. The lowest BCUT2D eigenvalue weighted by atomic mass is 10.2. The molecule has 0 atom stereocenters. The molecule has 0 unspecified atom stereocenters. The van der Waals surface area contributed by atoms with Crippen molar-refractivity contribution in [2.45, 2.75) is 0 Å². The molecule has 1 saturated heterocycles. The number of primary amides is 1. The van der Waals surface area contributed by atoms with E-state index in [-0.39, 0.29) is 12.5 Å². The minimum absolute atomic E-state index is 0.0947. The third-order valence-electron chi connectivity index (χ3n) is 2.58. The summed E-state index contributed by atoms with van der Waals surface area (Å²) in [6, 6.07) is 3.31. The van der Waals surface area contributed by atoms with E-state index in [0.717, 1.165) is 0 Å². The molecule has 3 N–H and O–H groups in total. The van der Waals surface area contributed by atoms with Crippen molar-refractivity contribution in [3.05, 3.63) is 22.2 Å².